The highest BCUT2D eigenvalue weighted by Gasteiger charge is 2.18. The monoisotopic (exact) mass is 296 g/mol. The van der Waals surface area contributed by atoms with Gasteiger partial charge in [0, 0.05) is 24.1 Å². The number of hydrogen-bond acceptors (Lipinski definition) is 5. The molecule has 0 aliphatic heterocycles. The van der Waals surface area contributed by atoms with E-state index in [0.717, 1.165) is 0 Å². The van der Waals surface area contributed by atoms with E-state index < -0.39 is 16.9 Å². The first-order valence-corrected chi connectivity index (χ1v) is 6.68. The van der Waals surface area contributed by atoms with Crippen molar-refractivity contribution in [1.82, 2.24) is 5.32 Å². The van der Waals surface area contributed by atoms with Crippen molar-refractivity contribution in [2.24, 2.45) is 0 Å². The zero-order valence-corrected chi connectivity index (χ0v) is 12.3. The van der Waals surface area contributed by atoms with E-state index in [1.807, 2.05) is 13.8 Å². The number of aliphatic carboxylic acids is 1. The average Bonchev–Trinajstić information content (AvgIpc) is 2.36. The standard InChI is InChI=1S/C14H20N2O5/c1-9(2)15-12(14(17)18)6-7-21-11-4-5-13(16(19)20)10(3)8-11/h4-5,8-9,12,15H,6-7H2,1-3H3,(H,17,18). The summed E-state index contributed by atoms with van der Waals surface area (Å²) in [5.74, 6) is -0.432. The van der Waals surface area contributed by atoms with Crippen molar-refractivity contribution in [2.45, 2.75) is 39.3 Å². The molecule has 0 spiro atoms. The zero-order valence-electron chi connectivity index (χ0n) is 12.3. The van der Waals surface area contributed by atoms with E-state index in [0.29, 0.717) is 17.7 Å². The summed E-state index contributed by atoms with van der Waals surface area (Å²) in [6.07, 6.45) is 0.309. The van der Waals surface area contributed by atoms with E-state index in [2.05, 4.69) is 5.32 Å². The van der Waals surface area contributed by atoms with Crippen LogP contribution in [0.15, 0.2) is 18.2 Å². The van der Waals surface area contributed by atoms with Gasteiger partial charge in [0.1, 0.15) is 11.8 Å². The number of ether oxygens (including phenoxy) is 1. The van der Waals surface area contributed by atoms with E-state index in [9.17, 15) is 14.9 Å². The predicted octanol–water partition coefficient (Wildman–Crippen LogP) is 2.12. The highest BCUT2D eigenvalue weighted by atomic mass is 16.6. The van der Waals surface area contributed by atoms with Crippen molar-refractivity contribution in [3.05, 3.63) is 33.9 Å². The summed E-state index contributed by atoms with van der Waals surface area (Å²) in [5.41, 5.74) is 0.542. The molecule has 1 atom stereocenters. The Bertz CT molecular complexity index is 516. The van der Waals surface area contributed by atoms with Crippen LogP contribution < -0.4 is 10.1 Å². The van der Waals surface area contributed by atoms with Crippen LogP contribution in [0.25, 0.3) is 0 Å². The number of aryl methyl sites for hydroxylation is 1. The minimum Gasteiger partial charge on any atom is -0.494 e. The van der Waals surface area contributed by atoms with Crippen LogP contribution in [0.4, 0.5) is 5.69 Å². The molecule has 1 rings (SSSR count). The fourth-order valence-electron chi connectivity index (χ4n) is 1.90. The predicted molar refractivity (Wildman–Crippen MR) is 77.6 cm³/mol. The number of nitrogens with one attached hydrogen (secondary N) is 1. The Morgan fingerprint density at radius 3 is 2.62 bits per heavy atom. The third kappa shape index (κ3) is 5.39. The van der Waals surface area contributed by atoms with Gasteiger partial charge >= 0.3 is 5.97 Å². The van der Waals surface area contributed by atoms with Crippen molar-refractivity contribution >= 4 is 11.7 Å². The Hall–Kier alpha value is -2.15. The lowest BCUT2D eigenvalue weighted by atomic mass is 10.2. The van der Waals surface area contributed by atoms with E-state index in [1.165, 1.54) is 12.1 Å². The number of nitro groups is 1. The minimum atomic E-state index is -0.924. The number of carbonyl (C=O) groups is 1. The molecule has 0 saturated heterocycles. The number of carboxylic acids is 1. The Kier molecular flexibility index (Phi) is 6.10. The summed E-state index contributed by atoms with van der Waals surface area (Å²) in [4.78, 5) is 21.3. The van der Waals surface area contributed by atoms with Crippen molar-refractivity contribution in [3.8, 4) is 5.75 Å². The second-order valence-electron chi connectivity index (χ2n) is 5.05. The van der Waals surface area contributed by atoms with Crippen LogP contribution in [0.3, 0.4) is 0 Å². The molecule has 21 heavy (non-hydrogen) atoms. The third-order valence-electron chi connectivity index (χ3n) is 2.87. The molecule has 0 bridgehead atoms. The van der Waals surface area contributed by atoms with Gasteiger partial charge in [0.25, 0.3) is 5.69 Å². The van der Waals surface area contributed by atoms with Gasteiger partial charge in [-0.3, -0.25) is 14.9 Å². The average molecular weight is 296 g/mol. The number of nitrogens with zero attached hydrogens (tertiary/aromatic N) is 1. The lowest BCUT2D eigenvalue weighted by molar-refractivity contribution is -0.385. The van der Waals surface area contributed by atoms with Gasteiger partial charge in [-0.05, 0) is 19.1 Å². The Balaban J connectivity index is 2.57. The van der Waals surface area contributed by atoms with Gasteiger partial charge in [0.15, 0.2) is 0 Å². The van der Waals surface area contributed by atoms with Crippen molar-refractivity contribution in [3.63, 3.8) is 0 Å². The molecule has 7 heteroatoms. The molecular weight excluding hydrogens is 276 g/mol. The number of hydrogen-bond donors (Lipinski definition) is 2. The fourth-order valence-corrected chi connectivity index (χ4v) is 1.90. The molecule has 116 valence electrons. The summed E-state index contributed by atoms with van der Waals surface area (Å²) in [5, 5.41) is 22.7. The first-order valence-electron chi connectivity index (χ1n) is 6.68. The normalized spacial score (nSPS) is 12.2. The molecule has 0 fully saturated rings. The fraction of sp³-hybridized carbons (Fsp3) is 0.500. The molecule has 2 N–H and O–H groups in total. The Morgan fingerprint density at radius 1 is 1.48 bits per heavy atom. The first-order chi connectivity index (χ1) is 9.81. The number of rotatable bonds is 8. The van der Waals surface area contributed by atoms with E-state index in [4.69, 9.17) is 9.84 Å². The summed E-state index contributed by atoms with van der Waals surface area (Å²) >= 11 is 0. The number of carboxylic acid groups (broad SMARTS) is 1. The van der Waals surface area contributed by atoms with Gasteiger partial charge in [-0.2, -0.15) is 0 Å². The maximum atomic E-state index is 11.1. The highest BCUT2D eigenvalue weighted by Crippen LogP contribution is 2.23. The van der Waals surface area contributed by atoms with Crippen molar-refractivity contribution in [1.29, 1.82) is 0 Å². The number of benzene rings is 1. The van der Waals surface area contributed by atoms with Gasteiger partial charge < -0.3 is 15.2 Å². The molecule has 0 saturated carbocycles. The van der Waals surface area contributed by atoms with Gasteiger partial charge in [-0.15, -0.1) is 0 Å². The Morgan fingerprint density at radius 2 is 2.14 bits per heavy atom. The molecule has 0 amide bonds. The molecule has 1 aromatic rings. The summed E-state index contributed by atoms with van der Waals surface area (Å²) in [7, 11) is 0. The lowest BCUT2D eigenvalue weighted by Crippen LogP contribution is -2.41. The topological polar surface area (TPSA) is 102 Å². The summed E-state index contributed by atoms with van der Waals surface area (Å²) in [6, 6.07) is 3.85. The Labute approximate surface area is 123 Å². The summed E-state index contributed by atoms with van der Waals surface area (Å²) < 4.78 is 5.46. The van der Waals surface area contributed by atoms with E-state index >= 15 is 0 Å². The SMILES string of the molecule is Cc1cc(OCCC(NC(C)C)C(=O)O)ccc1[N+](=O)[O-]. The van der Waals surface area contributed by atoms with Crippen LogP contribution in [0.1, 0.15) is 25.8 Å². The van der Waals surface area contributed by atoms with Gasteiger partial charge in [-0.1, -0.05) is 13.8 Å². The third-order valence-corrected chi connectivity index (χ3v) is 2.87. The highest BCUT2D eigenvalue weighted by molar-refractivity contribution is 5.73. The molecule has 0 aliphatic rings. The van der Waals surface area contributed by atoms with Crippen LogP contribution in [0.2, 0.25) is 0 Å². The van der Waals surface area contributed by atoms with Crippen LogP contribution in [-0.4, -0.2) is 34.7 Å². The number of nitro benzene ring substituents is 1. The molecule has 0 aliphatic carbocycles. The van der Waals surface area contributed by atoms with Crippen molar-refractivity contribution < 1.29 is 19.6 Å². The first kappa shape index (κ1) is 16.9. The van der Waals surface area contributed by atoms with Crippen LogP contribution in [-0.2, 0) is 4.79 Å². The quantitative estimate of drug-likeness (QED) is 0.563. The van der Waals surface area contributed by atoms with Gasteiger partial charge in [0.05, 0.1) is 11.5 Å². The zero-order chi connectivity index (χ0) is 16.0. The molecule has 7 nitrogen and oxygen atoms in total. The van der Waals surface area contributed by atoms with Crippen molar-refractivity contribution in [2.75, 3.05) is 6.61 Å². The van der Waals surface area contributed by atoms with Crippen LogP contribution in [0.5, 0.6) is 5.75 Å². The molecule has 0 aromatic heterocycles. The maximum absolute atomic E-state index is 11.1. The van der Waals surface area contributed by atoms with Gasteiger partial charge in [-0.25, -0.2) is 0 Å². The molecular formula is C14H20N2O5. The van der Waals surface area contributed by atoms with Gasteiger partial charge in [0.2, 0.25) is 0 Å². The smallest absolute Gasteiger partial charge is 0.320 e. The molecule has 1 unspecified atom stereocenters. The van der Waals surface area contributed by atoms with Crippen LogP contribution >= 0.6 is 0 Å². The van der Waals surface area contributed by atoms with Crippen LogP contribution in [0, 0.1) is 17.0 Å². The largest absolute Gasteiger partial charge is 0.494 e. The second-order valence-corrected chi connectivity index (χ2v) is 5.05. The maximum Gasteiger partial charge on any atom is 0.320 e. The second kappa shape index (κ2) is 7.58. The minimum absolute atomic E-state index is 0.0345. The summed E-state index contributed by atoms with van der Waals surface area (Å²) in [6.45, 7) is 5.59. The molecule has 0 heterocycles. The van der Waals surface area contributed by atoms with E-state index in [1.54, 1.807) is 13.0 Å². The lowest BCUT2D eigenvalue weighted by Gasteiger charge is -2.17. The molecule has 1 aromatic carbocycles. The van der Waals surface area contributed by atoms with E-state index in [-0.39, 0.29) is 18.3 Å². The molecule has 0 radical (unpaired) electrons.